The van der Waals surface area contributed by atoms with Crippen LogP contribution in [0.15, 0.2) is 18.2 Å². The lowest BCUT2D eigenvalue weighted by Gasteiger charge is -2.09. The number of aromatic amines is 1. The smallest absolute Gasteiger partial charge is 0.272 e. The fourth-order valence-corrected chi connectivity index (χ4v) is 3.31. The first-order valence-electron chi connectivity index (χ1n) is 8.00. The standard InChI is InChI=1S/C18H18ClN3O3/c1-9-15-13(4-3-5-14(15)23)22-16(9)18(25)21-10-6-7-12(19)11(8-10)17(24)20-2/h6-8,22H,3-5H2,1-2H3,(H,20,24)(H,21,25). The number of halogens is 1. The minimum atomic E-state index is -0.357. The third kappa shape index (κ3) is 3.17. The zero-order chi connectivity index (χ0) is 18.1. The normalized spacial score (nSPS) is 13.3. The van der Waals surface area contributed by atoms with Gasteiger partial charge in [-0.1, -0.05) is 11.6 Å². The minimum Gasteiger partial charge on any atom is -0.355 e. The Hall–Kier alpha value is -2.60. The number of aryl methyl sites for hydroxylation is 1. The molecule has 0 atom stereocenters. The van der Waals surface area contributed by atoms with Crippen molar-refractivity contribution in [3.8, 4) is 0 Å². The van der Waals surface area contributed by atoms with Gasteiger partial charge in [0.2, 0.25) is 0 Å². The number of aromatic nitrogens is 1. The number of nitrogens with one attached hydrogen (secondary N) is 3. The Kier molecular flexibility index (Phi) is 4.63. The lowest BCUT2D eigenvalue weighted by molar-refractivity contribution is 0.0957. The van der Waals surface area contributed by atoms with Crippen molar-refractivity contribution in [1.29, 1.82) is 0 Å². The second kappa shape index (κ2) is 6.72. The molecular weight excluding hydrogens is 342 g/mol. The van der Waals surface area contributed by atoms with E-state index in [0.29, 0.717) is 34.0 Å². The van der Waals surface area contributed by atoms with Gasteiger partial charge >= 0.3 is 0 Å². The first-order valence-corrected chi connectivity index (χ1v) is 8.37. The largest absolute Gasteiger partial charge is 0.355 e. The highest BCUT2D eigenvalue weighted by atomic mass is 35.5. The van der Waals surface area contributed by atoms with E-state index in [4.69, 9.17) is 11.6 Å². The van der Waals surface area contributed by atoms with E-state index in [1.165, 1.54) is 13.1 Å². The third-order valence-electron chi connectivity index (χ3n) is 4.36. The summed E-state index contributed by atoms with van der Waals surface area (Å²) in [7, 11) is 1.51. The lowest BCUT2D eigenvalue weighted by atomic mass is 9.94. The van der Waals surface area contributed by atoms with Crippen LogP contribution in [0.3, 0.4) is 0 Å². The number of ketones is 1. The van der Waals surface area contributed by atoms with Gasteiger partial charge in [0.15, 0.2) is 5.78 Å². The number of carbonyl (C=O) groups excluding carboxylic acids is 3. The van der Waals surface area contributed by atoms with E-state index in [9.17, 15) is 14.4 Å². The number of anilines is 1. The molecule has 1 aromatic heterocycles. The van der Waals surface area contributed by atoms with E-state index in [-0.39, 0.29) is 23.2 Å². The van der Waals surface area contributed by atoms with Crippen LogP contribution in [0, 0.1) is 6.92 Å². The molecule has 6 nitrogen and oxygen atoms in total. The first-order chi connectivity index (χ1) is 11.9. The Bertz CT molecular complexity index is 886. The van der Waals surface area contributed by atoms with Crippen LogP contribution in [-0.4, -0.2) is 29.6 Å². The Morgan fingerprint density at radius 3 is 2.64 bits per heavy atom. The molecule has 2 amide bonds. The molecule has 0 unspecified atom stereocenters. The van der Waals surface area contributed by atoms with Gasteiger partial charge in [-0.05, 0) is 43.5 Å². The van der Waals surface area contributed by atoms with E-state index in [1.807, 2.05) is 0 Å². The third-order valence-corrected chi connectivity index (χ3v) is 4.69. The fourth-order valence-electron chi connectivity index (χ4n) is 3.11. The van der Waals surface area contributed by atoms with E-state index < -0.39 is 0 Å². The maximum Gasteiger partial charge on any atom is 0.272 e. The van der Waals surface area contributed by atoms with Gasteiger partial charge in [-0.2, -0.15) is 0 Å². The monoisotopic (exact) mass is 359 g/mol. The number of carbonyl (C=O) groups is 3. The van der Waals surface area contributed by atoms with E-state index in [1.54, 1.807) is 19.1 Å². The molecule has 0 saturated carbocycles. The van der Waals surface area contributed by atoms with Gasteiger partial charge in [-0.3, -0.25) is 14.4 Å². The van der Waals surface area contributed by atoms with Crippen LogP contribution < -0.4 is 10.6 Å². The van der Waals surface area contributed by atoms with Crippen molar-refractivity contribution in [1.82, 2.24) is 10.3 Å². The Morgan fingerprint density at radius 2 is 1.96 bits per heavy atom. The van der Waals surface area contributed by atoms with Crippen LogP contribution in [-0.2, 0) is 6.42 Å². The van der Waals surface area contributed by atoms with Crippen molar-refractivity contribution in [2.75, 3.05) is 12.4 Å². The van der Waals surface area contributed by atoms with Gasteiger partial charge in [0, 0.05) is 30.4 Å². The average molecular weight is 360 g/mol. The van der Waals surface area contributed by atoms with Crippen molar-refractivity contribution in [2.24, 2.45) is 0 Å². The molecule has 3 N–H and O–H groups in total. The molecule has 25 heavy (non-hydrogen) atoms. The number of hydrogen-bond donors (Lipinski definition) is 3. The second-order valence-corrected chi connectivity index (χ2v) is 6.39. The maximum atomic E-state index is 12.6. The van der Waals surface area contributed by atoms with Crippen LogP contribution >= 0.6 is 11.6 Å². The Morgan fingerprint density at radius 1 is 1.20 bits per heavy atom. The SMILES string of the molecule is CNC(=O)c1cc(NC(=O)c2[nH]c3c(c2C)C(=O)CCC3)ccc1Cl. The Labute approximate surface area is 149 Å². The predicted octanol–water partition coefficient (Wildman–Crippen LogP) is 3.11. The van der Waals surface area contributed by atoms with E-state index in [0.717, 1.165) is 18.5 Å². The predicted molar refractivity (Wildman–Crippen MR) is 95.6 cm³/mol. The number of hydrogen-bond acceptors (Lipinski definition) is 3. The van der Waals surface area contributed by atoms with Crippen LogP contribution in [0.1, 0.15) is 55.3 Å². The molecule has 0 saturated heterocycles. The molecule has 7 heteroatoms. The van der Waals surface area contributed by atoms with E-state index >= 15 is 0 Å². The number of fused-ring (bicyclic) bond motifs is 1. The molecule has 0 fully saturated rings. The molecule has 0 spiro atoms. The van der Waals surface area contributed by atoms with Gasteiger partial charge < -0.3 is 15.6 Å². The zero-order valence-corrected chi connectivity index (χ0v) is 14.7. The molecule has 1 aliphatic carbocycles. The zero-order valence-electron chi connectivity index (χ0n) is 14.0. The van der Waals surface area contributed by atoms with Crippen molar-refractivity contribution < 1.29 is 14.4 Å². The van der Waals surface area contributed by atoms with Gasteiger partial charge in [-0.25, -0.2) is 0 Å². The maximum absolute atomic E-state index is 12.6. The van der Waals surface area contributed by atoms with Crippen LogP contribution in [0.4, 0.5) is 5.69 Å². The first kappa shape index (κ1) is 17.2. The molecule has 1 heterocycles. The van der Waals surface area contributed by atoms with E-state index in [2.05, 4.69) is 15.6 Å². The summed E-state index contributed by atoms with van der Waals surface area (Å²) in [6.07, 6.45) is 2.07. The molecule has 0 bridgehead atoms. The summed E-state index contributed by atoms with van der Waals surface area (Å²) in [6.45, 7) is 1.77. The quantitative estimate of drug-likeness (QED) is 0.786. The van der Waals surface area contributed by atoms with Crippen molar-refractivity contribution in [3.63, 3.8) is 0 Å². The van der Waals surface area contributed by atoms with Gasteiger partial charge in [-0.15, -0.1) is 0 Å². The number of amides is 2. The molecular formula is C18H18ClN3O3. The molecule has 130 valence electrons. The Balaban J connectivity index is 1.89. The highest BCUT2D eigenvalue weighted by Crippen LogP contribution is 2.27. The van der Waals surface area contributed by atoms with Crippen molar-refractivity contribution >= 4 is 34.9 Å². The van der Waals surface area contributed by atoms with Crippen LogP contribution in [0.2, 0.25) is 5.02 Å². The molecule has 3 rings (SSSR count). The fraction of sp³-hybridized carbons (Fsp3) is 0.278. The van der Waals surface area contributed by atoms with Crippen LogP contribution in [0.5, 0.6) is 0 Å². The molecule has 1 aliphatic rings. The summed E-state index contributed by atoms with van der Waals surface area (Å²) in [5, 5.41) is 5.55. The minimum absolute atomic E-state index is 0.0717. The number of Topliss-reactive ketones (excluding diaryl/α,β-unsaturated/α-hetero) is 1. The summed E-state index contributed by atoms with van der Waals surface area (Å²) < 4.78 is 0. The molecule has 0 aliphatic heterocycles. The summed E-state index contributed by atoms with van der Waals surface area (Å²) >= 11 is 6.02. The number of H-pyrrole nitrogens is 1. The molecule has 2 aromatic rings. The van der Waals surface area contributed by atoms with Crippen LogP contribution in [0.25, 0.3) is 0 Å². The van der Waals surface area contributed by atoms with Crippen molar-refractivity contribution in [2.45, 2.75) is 26.2 Å². The summed E-state index contributed by atoms with van der Waals surface area (Å²) in [5.41, 5.74) is 3.22. The average Bonchev–Trinajstić information content (AvgIpc) is 2.94. The molecule has 1 aromatic carbocycles. The number of rotatable bonds is 3. The van der Waals surface area contributed by atoms with Gasteiger partial charge in [0.05, 0.1) is 10.6 Å². The summed E-state index contributed by atoms with van der Waals surface area (Å²) in [5.74, 6) is -0.620. The highest BCUT2D eigenvalue weighted by Gasteiger charge is 2.26. The summed E-state index contributed by atoms with van der Waals surface area (Å²) in [6, 6.07) is 4.69. The highest BCUT2D eigenvalue weighted by molar-refractivity contribution is 6.34. The van der Waals surface area contributed by atoms with Crippen molar-refractivity contribution in [3.05, 3.63) is 51.3 Å². The van der Waals surface area contributed by atoms with Gasteiger partial charge in [0.1, 0.15) is 5.69 Å². The summed E-state index contributed by atoms with van der Waals surface area (Å²) in [4.78, 5) is 39.6. The topological polar surface area (TPSA) is 91.1 Å². The lowest BCUT2D eigenvalue weighted by Crippen LogP contribution is -2.19. The number of benzene rings is 1. The van der Waals surface area contributed by atoms with Gasteiger partial charge in [0.25, 0.3) is 11.8 Å². The molecule has 0 radical (unpaired) electrons. The second-order valence-electron chi connectivity index (χ2n) is 5.98.